The largest absolute Gasteiger partial charge is 0.316 e. The second-order valence-corrected chi connectivity index (χ2v) is 5.50. The summed E-state index contributed by atoms with van der Waals surface area (Å²) in [5.74, 6) is 2.45. The van der Waals surface area contributed by atoms with Crippen molar-refractivity contribution in [2.24, 2.45) is 11.8 Å². The number of nitrogens with one attached hydrogen (secondary N) is 1. The molecule has 17 heavy (non-hydrogen) atoms. The van der Waals surface area contributed by atoms with Crippen molar-refractivity contribution in [3.63, 3.8) is 0 Å². The third-order valence-electron chi connectivity index (χ3n) is 4.22. The number of hydrogen-bond acceptors (Lipinski definition) is 1. The third-order valence-corrected chi connectivity index (χ3v) is 4.22. The molecule has 1 saturated carbocycles. The molecule has 2 rings (SSSR count). The van der Waals surface area contributed by atoms with Gasteiger partial charge in [0.25, 0.3) is 0 Å². The van der Waals surface area contributed by atoms with Gasteiger partial charge in [0.05, 0.1) is 0 Å². The number of hydrogen-bond donors (Lipinski definition) is 1. The van der Waals surface area contributed by atoms with E-state index in [9.17, 15) is 0 Å². The van der Waals surface area contributed by atoms with E-state index in [0.29, 0.717) is 6.04 Å². The van der Waals surface area contributed by atoms with Crippen LogP contribution in [0, 0.1) is 11.8 Å². The molecule has 1 aromatic carbocycles. The Morgan fingerprint density at radius 1 is 1.29 bits per heavy atom. The van der Waals surface area contributed by atoms with Gasteiger partial charge in [-0.3, -0.25) is 0 Å². The summed E-state index contributed by atoms with van der Waals surface area (Å²) in [5.41, 5.74) is 1.53. The van der Waals surface area contributed by atoms with Gasteiger partial charge in [-0.15, -0.1) is 0 Å². The number of rotatable bonds is 6. The maximum absolute atomic E-state index is 3.55. The Hall–Kier alpha value is -0.820. The Labute approximate surface area is 106 Å². The van der Waals surface area contributed by atoms with Crippen LogP contribution in [0.3, 0.4) is 0 Å². The third kappa shape index (κ3) is 2.90. The normalized spacial score (nSPS) is 26.5. The Balaban J connectivity index is 1.96. The minimum absolute atomic E-state index is 0.695. The molecule has 1 nitrogen and oxygen atoms in total. The van der Waals surface area contributed by atoms with Gasteiger partial charge in [0.2, 0.25) is 0 Å². The van der Waals surface area contributed by atoms with Crippen molar-refractivity contribution in [3.05, 3.63) is 35.9 Å². The summed E-state index contributed by atoms with van der Waals surface area (Å²) < 4.78 is 0. The first kappa shape index (κ1) is 12.6. The Kier molecular flexibility index (Phi) is 4.22. The zero-order valence-electron chi connectivity index (χ0n) is 11.3. The van der Waals surface area contributed by atoms with Crippen molar-refractivity contribution >= 4 is 0 Å². The Morgan fingerprint density at radius 3 is 2.59 bits per heavy atom. The van der Waals surface area contributed by atoms with E-state index >= 15 is 0 Å². The average Bonchev–Trinajstić information content (AvgIpc) is 3.12. The molecule has 4 unspecified atom stereocenters. The van der Waals surface area contributed by atoms with Crippen molar-refractivity contribution in [2.75, 3.05) is 7.05 Å². The van der Waals surface area contributed by atoms with Crippen LogP contribution in [-0.4, -0.2) is 13.1 Å². The second-order valence-electron chi connectivity index (χ2n) is 5.50. The Bertz CT molecular complexity index is 333. The van der Waals surface area contributed by atoms with Crippen LogP contribution in [-0.2, 0) is 0 Å². The van der Waals surface area contributed by atoms with Crippen LogP contribution >= 0.6 is 0 Å². The molecule has 0 bridgehead atoms. The molecule has 1 fully saturated rings. The van der Waals surface area contributed by atoms with Gasteiger partial charge >= 0.3 is 0 Å². The molecule has 0 heterocycles. The zero-order valence-corrected chi connectivity index (χ0v) is 11.3. The summed E-state index contributed by atoms with van der Waals surface area (Å²) in [6, 6.07) is 11.7. The highest BCUT2D eigenvalue weighted by atomic mass is 14.9. The van der Waals surface area contributed by atoms with Gasteiger partial charge < -0.3 is 5.32 Å². The fourth-order valence-corrected chi connectivity index (χ4v) is 3.25. The summed E-state index contributed by atoms with van der Waals surface area (Å²) in [6.07, 6.45) is 4.00. The first-order valence-corrected chi connectivity index (χ1v) is 7.00. The zero-order chi connectivity index (χ0) is 12.3. The molecule has 4 atom stereocenters. The molecular formula is C16H25N. The maximum Gasteiger partial charge on any atom is 0.0124 e. The molecule has 0 saturated heterocycles. The average molecular weight is 231 g/mol. The summed E-state index contributed by atoms with van der Waals surface area (Å²) in [4.78, 5) is 0. The highest BCUT2D eigenvalue weighted by molar-refractivity contribution is 5.26. The lowest BCUT2D eigenvalue weighted by molar-refractivity contribution is 0.336. The fourth-order valence-electron chi connectivity index (χ4n) is 3.25. The van der Waals surface area contributed by atoms with E-state index in [-0.39, 0.29) is 0 Å². The van der Waals surface area contributed by atoms with Crippen LogP contribution in [0.15, 0.2) is 30.3 Å². The summed E-state index contributed by atoms with van der Waals surface area (Å²) in [5, 5.41) is 3.55. The minimum atomic E-state index is 0.695. The summed E-state index contributed by atoms with van der Waals surface area (Å²) >= 11 is 0. The molecule has 0 aromatic heterocycles. The van der Waals surface area contributed by atoms with Gasteiger partial charge in [-0.05, 0) is 43.2 Å². The maximum atomic E-state index is 3.55. The van der Waals surface area contributed by atoms with Gasteiger partial charge in [0, 0.05) is 6.04 Å². The lowest BCUT2D eigenvalue weighted by Crippen LogP contribution is -2.34. The highest BCUT2D eigenvalue weighted by Gasteiger charge is 2.44. The van der Waals surface area contributed by atoms with Gasteiger partial charge in [0.1, 0.15) is 0 Å². The molecule has 1 aliphatic rings. The highest BCUT2D eigenvalue weighted by Crippen LogP contribution is 2.51. The molecule has 0 amide bonds. The molecule has 0 radical (unpaired) electrons. The van der Waals surface area contributed by atoms with Gasteiger partial charge in [0.15, 0.2) is 0 Å². The quantitative estimate of drug-likeness (QED) is 0.785. The lowest BCUT2D eigenvalue weighted by Gasteiger charge is -2.23. The smallest absolute Gasteiger partial charge is 0.0124 e. The minimum Gasteiger partial charge on any atom is -0.316 e. The first-order chi connectivity index (χ1) is 8.27. The topological polar surface area (TPSA) is 12.0 Å². The van der Waals surface area contributed by atoms with E-state index < -0.39 is 0 Å². The molecule has 1 N–H and O–H groups in total. The standard InChI is InChI=1S/C16H25N/c1-4-8-12(2)16(17-3)15-11-14(15)13-9-6-5-7-10-13/h5-7,9-10,12,14-17H,4,8,11H2,1-3H3. The fraction of sp³-hybridized carbons (Fsp3) is 0.625. The summed E-state index contributed by atoms with van der Waals surface area (Å²) in [6.45, 7) is 4.68. The van der Waals surface area contributed by atoms with Crippen LogP contribution < -0.4 is 5.32 Å². The van der Waals surface area contributed by atoms with Crippen LogP contribution in [0.2, 0.25) is 0 Å². The van der Waals surface area contributed by atoms with Crippen molar-refractivity contribution in [1.82, 2.24) is 5.32 Å². The molecule has 1 aliphatic carbocycles. The van der Waals surface area contributed by atoms with Crippen molar-refractivity contribution in [3.8, 4) is 0 Å². The van der Waals surface area contributed by atoms with E-state index in [4.69, 9.17) is 0 Å². The van der Waals surface area contributed by atoms with Gasteiger partial charge in [-0.2, -0.15) is 0 Å². The van der Waals surface area contributed by atoms with E-state index in [1.165, 1.54) is 24.8 Å². The van der Waals surface area contributed by atoms with Crippen LogP contribution in [0.1, 0.15) is 44.6 Å². The first-order valence-electron chi connectivity index (χ1n) is 7.00. The predicted molar refractivity (Wildman–Crippen MR) is 74.2 cm³/mol. The second kappa shape index (κ2) is 5.68. The SMILES string of the molecule is CCCC(C)C(NC)C1CC1c1ccccc1. The molecule has 0 spiro atoms. The van der Waals surface area contributed by atoms with Crippen molar-refractivity contribution in [2.45, 2.75) is 45.1 Å². The molecule has 1 aromatic rings. The van der Waals surface area contributed by atoms with Gasteiger partial charge in [-0.25, -0.2) is 0 Å². The summed E-state index contributed by atoms with van der Waals surface area (Å²) in [7, 11) is 2.12. The van der Waals surface area contributed by atoms with E-state index in [0.717, 1.165) is 17.8 Å². The predicted octanol–water partition coefficient (Wildman–Crippen LogP) is 3.81. The van der Waals surface area contributed by atoms with Crippen LogP contribution in [0.4, 0.5) is 0 Å². The molecule has 1 heteroatoms. The Morgan fingerprint density at radius 2 is 2.00 bits per heavy atom. The monoisotopic (exact) mass is 231 g/mol. The van der Waals surface area contributed by atoms with Crippen molar-refractivity contribution in [1.29, 1.82) is 0 Å². The van der Waals surface area contributed by atoms with E-state index in [2.05, 4.69) is 56.5 Å². The molecule has 94 valence electrons. The van der Waals surface area contributed by atoms with Crippen LogP contribution in [0.5, 0.6) is 0 Å². The van der Waals surface area contributed by atoms with Gasteiger partial charge in [-0.1, -0.05) is 50.6 Å². The van der Waals surface area contributed by atoms with Crippen LogP contribution in [0.25, 0.3) is 0 Å². The molecule has 0 aliphatic heterocycles. The molecular weight excluding hydrogens is 206 g/mol. The van der Waals surface area contributed by atoms with E-state index in [1.54, 1.807) is 0 Å². The lowest BCUT2D eigenvalue weighted by atomic mass is 9.91. The number of benzene rings is 1. The van der Waals surface area contributed by atoms with E-state index in [1.807, 2.05) is 0 Å². The van der Waals surface area contributed by atoms with Crippen molar-refractivity contribution < 1.29 is 0 Å².